The van der Waals surface area contributed by atoms with Gasteiger partial charge in [0.15, 0.2) is 0 Å². The monoisotopic (exact) mass is 254 g/mol. The van der Waals surface area contributed by atoms with Gasteiger partial charge in [-0.15, -0.1) is 0 Å². The van der Waals surface area contributed by atoms with Crippen LogP contribution in [0.5, 0.6) is 0 Å². The zero-order valence-corrected chi connectivity index (χ0v) is 10.9. The topological polar surface area (TPSA) is 47.1 Å². The second-order valence-corrected chi connectivity index (χ2v) is 5.73. The van der Waals surface area contributed by atoms with E-state index in [2.05, 4.69) is 9.88 Å². The summed E-state index contributed by atoms with van der Waals surface area (Å²) in [4.78, 5) is 6.95. The molecular weight excluding hydrogens is 236 g/mol. The number of hydrogen-bond acceptors (Lipinski definition) is 3. The van der Waals surface area contributed by atoms with Crippen LogP contribution in [-0.4, -0.2) is 32.6 Å². The van der Waals surface area contributed by atoms with Gasteiger partial charge in [-0.05, 0) is 25.7 Å². The molecule has 2 N–H and O–H groups in total. The van der Waals surface area contributed by atoms with Crippen molar-refractivity contribution >= 4 is 11.6 Å². The molecule has 2 fully saturated rings. The normalized spacial score (nSPS) is 33.2. The Kier molecular flexibility index (Phi) is 2.89. The van der Waals surface area contributed by atoms with Crippen molar-refractivity contribution in [3.8, 4) is 0 Å². The van der Waals surface area contributed by atoms with Gasteiger partial charge in [0, 0.05) is 25.2 Å². The summed E-state index contributed by atoms with van der Waals surface area (Å²) >= 11 is 6.02. The largest absolute Gasteiger partial charge is 0.328 e. The van der Waals surface area contributed by atoms with Crippen LogP contribution in [0.2, 0.25) is 5.15 Å². The number of hydrogen-bond donors (Lipinski definition) is 1. The molecule has 0 aromatic carbocycles. The van der Waals surface area contributed by atoms with Gasteiger partial charge in [0.25, 0.3) is 0 Å². The highest BCUT2D eigenvalue weighted by Crippen LogP contribution is 2.36. The Morgan fingerprint density at radius 1 is 1.41 bits per heavy atom. The van der Waals surface area contributed by atoms with Crippen LogP contribution >= 0.6 is 11.6 Å². The molecule has 2 bridgehead atoms. The molecule has 2 unspecified atom stereocenters. The summed E-state index contributed by atoms with van der Waals surface area (Å²) in [6.07, 6.45) is 6.57. The third-order valence-electron chi connectivity index (χ3n) is 4.27. The Morgan fingerprint density at radius 2 is 2.06 bits per heavy atom. The van der Waals surface area contributed by atoms with Gasteiger partial charge in [0.05, 0.1) is 12.7 Å². The van der Waals surface area contributed by atoms with E-state index in [1.807, 2.05) is 11.6 Å². The van der Waals surface area contributed by atoms with Gasteiger partial charge in [0.1, 0.15) is 11.0 Å². The van der Waals surface area contributed by atoms with Crippen molar-refractivity contribution in [1.82, 2.24) is 14.5 Å². The lowest BCUT2D eigenvalue weighted by Crippen LogP contribution is -2.47. The lowest BCUT2D eigenvalue weighted by Gasteiger charge is -2.37. The van der Waals surface area contributed by atoms with Gasteiger partial charge in [0.2, 0.25) is 0 Å². The van der Waals surface area contributed by atoms with Crippen molar-refractivity contribution in [2.45, 2.75) is 50.4 Å². The van der Waals surface area contributed by atoms with Crippen molar-refractivity contribution in [2.75, 3.05) is 0 Å². The van der Waals surface area contributed by atoms with Crippen molar-refractivity contribution in [1.29, 1.82) is 0 Å². The molecular formula is C12H19ClN4. The van der Waals surface area contributed by atoms with Crippen LogP contribution in [0.4, 0.5) is 0 Å². The van der Waals surface area contributed by atoms with E-state index in [1.54, 1.807) is 6.20 Å². The predicted molar refractivity (Wildman–Crippen MR) is 67.8 cm³/mol. The molecule has 3 heterocycles. The zero-order chi connectivity index (χ0) is 12.0. The summed E-state index contributed by atoms with van der Waals surface area (Å²) in [5, 5.41) is 0.709. The first-order valence-electron chi connectivity index (χ1n) is 6.32. The van der Waals surface area contributed by atoms with E-state index in [-0.39, 0.29) is 0 Å². The average molecular weight is 255 g/mol. The van der Waals surface area contributed by atoms with E-state index in [0.29, 0.717) is 23.3 Å². The van der Waals surface area contributed by atoms with Crippen LogP contribution in [-0.2, 0) is 13.6 Å². The third-order valence-corrected chi connectivity index (χ3v) is 4.62. The maximum Gasteiger partial charge on any atom is 0.128 e. The summed E-state index contributed by atoms with van der Waals surface area (Å²) in [5.41, 5.74) is 6.08. The number of aromatic nitrogens is 2. The Morgan fingerprint density at radius 3 is 2.59 bits per heavy atom. The first-order valence-corrected chi connectivity index (χ1v) is 6.70. The minimum Gasteiger partial charge on any atom is -0.328 e. The molecule has 0 aliphatic carbocycles. The minimum absolute atomic E-state index is 0.397. The first kappa shape index (κ1) is 11.5. The molecule has 0 amide bonds. The molecule has 5 heteroatoms. The highest BCUT2D eigenvalue weighted by atomic mass is 35.5. The smallest absolute Gasteiger partial charge is 0.128 e. The lowest BCUT2D eigenvalue weighted by atomic mass is 9.98. The van der Waals surface area contributed by atoms with E-state index < -0.39 is 0 Å². The number of nitrogens with zero attached hydrogens (tertiary/aromatic N) is 3. The predicted octanol–water partition coefficient (Wildman–Crippen LogP) is 1.53. The van der Waals surface area contributed by atoms with Gasteiger partial charge in [-0.2, -0.15) is 0 Å². The third kappa shape index (κ3) is 1.98. The van der Waals surface area contributed by atoms with E-state index in [1.165, 1.54) is 12.8 Å². The minimum atomic E-state index is 0.397. The van der Waals surface area contributed by atoms with Crippen LogP contribution in [0.15, 0.2) is 6.20 Å². The summed E-state index contributed by atoms with van der Waals surface area (Å²) in [6.45, 7) is 0.908. The van der Waals surface area contributed by atoms with Gasteiger partial charge in [-0.25, -0.2) is 4.98 Å². The zero-order valence-electron chi connectivity index (χ0n) is 10.1. The number of piperidine rings is 1. The molecule has 3 rings (SSSR count). The molecule has 1 aromatic rings. The van der Waals surface area contributed by atoms with E-state index in [4.69, 9.17) is 17.3 Å². The number of rotatable bonds is 2. The van der Waals surface area contributed by atoms with Gasteiger partial charge >= 0.3 is 0 Å². The van der Waals surface area contributed by atoms with Gasteiger partial charge < -0.3 is 10.3 Å². The quantitative estimate of drug-likeness (QED) is 0.871. The summed E-state index contributed by atoms with van der Waals surface area (Å²) < 4.78 is 1.97. The highest BCUT2D eigenvalue weighted by molar-refractivity contribution is 6.29. The Bertz CT molecular complexity index is 403. The second-order valence-electron chi connectivity index (χ2n) is 5.34. The van der Waals surface area contributed by atoms with Crippen molar-refractivity contribution in [3.05, 3.63) is 17.2 Å². The van der Waals surface area contributed by atoms with Gasteiger partial charge in [-0.3, -0.25) is 4.90 Å². The van der Waals surface area contributed by atoms with Crippen LogP contribution in [0, 0.1) is 0 Å². The molecule has 1 aromatic heterocycles. The van der Waals surface area contributed by atoms with Crippen LogP contribution in [0.3, 0.4) is 0 Å². The van der Waals surface area contributed by atoms with Crippen molar-refractivity contribution in [3.63, 3.8) is 0 Å². The SMILES string of the molecule is Cn1c(Cl)cnc1CN1C2CCC1CC(N)C2. The van der Waals surface area contributed by atoms with Gasteiger partial charge in [-0.1, -0.05) is 11.6 Å². The Balaban J connectivity index is 1.76. The summed E-state index contributed by atoms with van der Waals surface area (Å²) in [5.74, 6) is 1.06. The standard InChI is InChI=1S/C12H19ClN4/c1-16-11(13)6-15-12(16)7-17-9-2-3-10(17)5-8(14)4-9/h6,8-10H,2-5,7,14H2,1H3. The molecule has 2 atom stereocenters. The fourth-order valence-electron chi connectivity index (χ4n) is 3.31. The Hall–Kier alpha value is -0.580. The van der Waals surface area contributed by atoms with Crippen LogP contribution in [0.1, 0.15) is 31.5 Å². The van der Waals surface area contributed by atoms with Crippen molar-refractivity contribution in [2.24, 2.45) is 12.8 Å². The first-order chi connectivity index (χ1) is 8.15. The Labute approximate surface area is 107 Å². The van der Waals surface area contributed by atoms with Crippen molar-refractivity contribution < 1.29 is 0 Å². The maximum atomic E-state index is 6.08. The number of imidazole rings is 1. The van der Waals surface area contributed by atoms with E-state index in [9.17, 15) is 0 Å². The molecule has 17 heavy (non-hydrogen) atoms. The highest BCUT2D eigenvalue weighted by Gasteiger charge is 2.39. The summed E-state index contributed by atoms with van der Waals surface area (Å²) in [6, 6.07) is 1.70. The molecule has 2 saturated heterocycles. The van der Waals surface area contributed by atoms with E-state index in [0.717, 1.165) is 25.2 Å². The molecule has 0 spiro atoms. The number of halogens is 1. The van der Waals surface area contributed by atoms with Crippen LogP contribution < -0.4 is 5.73 Å². The molecule has 4 nitrogen and oxygen atoms in total. The average Bonchev–Trinajstić information content (AvgIpc) is 2.72. The van der Waals surface area contributed by atoms with Crippen LogP contribution in [0.25, 0.3) is 0 Å². The summed E-state index contributed by atoms with van der Waals surface area (Å²) in [7, 11) is 1.97. The molecule has 94 valence electrons. The molecule has 2 aliphatic rings. The molecule has 0 saturated carbocycles. The maximum absolute atomic E-state index is 6.08. The fraction of sp³-hybridized carbons (Fsp3) is 0.750. The molecule has 0 radical (unpaired) electrons. The molecule has 2 aliphatic heterocycles. The number of nitrogens with two attached hydrogens (primary N) is 1. The number of fused-ring (bicyclic) bond motifs is 2. The van der Waals surface area contributed by atoms with E-state index >= 15 is 0 Å². The second kappa shape index (κ2) is 4.26. The lowest BCUT2D eigenvalue weighted by molar-refractivity contribution is 0.115. The fourth-order valence-corrected chi connectivity index (χ4v) is 3.46.